The van der Waals surface area contributed by atoms with E-state index >= 15 is 0 Å². The predicted molar refractivity (Wildman–Crippen MR) is 55.0 cm³/mol. The minimum absolute atomic E-state index is 0.0278. The van der Waals surface area contributed by atoms with Crippen LogP contribution in [-0.4, -0.2) is 35.4 Å². The van der Waals surface area contributed by atoms with Crippen molar-refractivity contribution in [3.63, 3.8) is 0 Å². The summed E-state index contributed by atoms with van der Waals surface area (Å²) < 4.78 is 0. The van der Waals surface area contributed by atoms with Crippen LogP contribution in [0.5, 0.6) is 0 Å². The molecule has 0 saturated heterocycles. The van der Waals surface area contributed by atoms with Crippen LogP contribution in [-0.2, 0) is 4.79 Å². The number of hydrogen-bond donors (Lipinski definition) is 3. The van der Waals surface area contributed by atoms with Crippen molar-refractivity contribution in [2.45, 2.75) is 31.7 Å². The maximum absolute atomic E-state index is 11.8. The number of aliphatic hydroxyl groups is 2. The Labute approximate surface area is 89.7 Å². The zero-order valence-electron chi connectivity index (χ0n) is 8.85. The minimum atomic E-state index is -0.486. The van der Waals surface area contributed by atoms with Crippen molar-refractivity contribution < 1.29 is 15.0 Å². The van der Waals surface area contributed by atoms with E-state index in [4.69, 9.17) is 10.2 Å². The van der Waals surface area contributed by atoms with Crippen LogP contribution in [0, 0.1) is 17.8 Å². The second kappa shape index (κ2) is 4.49. The molecule has 0 radical (unpaired) electrons. The molecule has 3 N–H and O–H groups in total. The molecule has 0 aromatic rings. The highest BCUT2D eigenvalue weighted by Crippen LogP contribution is 2.55. The zero-order chi connectivity index (χ0) is 10.8. The standard InChI is InChI=1S/C11H19NO3/c13-5-7(6-14)12-11(15)10-8-3-1-2-4-9(8)10/h7-10,13-14H,1-6H2,(H,12,15). The number of hydrogen-bond acceptors (Lipinski definition) is 3. The highest BCUT2D eigenvalue weighted by molar-refractivity contribution is 5.82. The Morgan fingerprint density at radius 2 is 1.73 bits per heavy atom. The molecule has 0 heterocycles. The molecule has 2 aliphatic carbocycles. The number of nitrogens with one attached hydrogen (secondary N) is 1. The van der Waals surface area contributed by atoms with E-state index in [2.05, 4.69) is 5.32 Å². The summed E-state index contributed by atoms with van der Waals surface area (Å²) in [7, 11) is 0. The van der Waals surface area contributed by atoms with Gasteiger partial charge in [-0.05, 0) is 24.7 Å². The van der Waals surface area contributed by atoms with E-state index in [1.807, 2.05) is 0 Å². The van der Waals surface area contributed by atoms with E-state index in [1.54, 1.807) is 0 Å². The first kappa shape index (κ1) is 10.9. The molecule has 0 aromatic heterocycles. The molecule has 0 aliphatic heterocycles. The van der Waals surface area contributed by atoms with Gasteiger partial charge in [-0.3, -0.25) is 4.79 Å². The molecule has 4 nitrogen and oxygen atoms in total. The normalized spacial score (nSPS) is 33.7. The second-order valence-electron chi connectivity index (χ2n) is 4.71. The lowest BCUT2D eigenvalue weighted by molar-refractivity contribution is -0.124. The van der Waals surface area contributed by atoms with Crippen LogP contribution >= 0.6 is 0 Å². The summed E-state index contributed by atoms with van der Waals surface area (Å²) in [4.78, 5) is 11.8. The molecule has 15 heavy (non-hydrogen) atoms. The minimum Gasteiger partial charge on any atom is -0.394 e. The lowest BCUT2D eigenvalue weighted by Crippen LogP contribution is -2.41. The molecule has 0 bridgehead atoms. The molecule has 2 unspecified atom stereocenters. The maximum atomic E-state index is 11.8. The average Bonchev–Trinajstić information content (AvgIpc) is 2.99. The van der Waals surface area contributed by atoms with Crippen LogP contribution in [0.25, 0.3) is 0 Å². The van der Waals surface area contributed by atoms with Crippen LogP contribution < -0.4 is 5.32 Å². The van der Waals surface area contributed by atoms with E-state index in [9.17, 15) is 4.79 Å². The van der Waals surface area contributed by atoms with Gasteiger partial charge in [0.1, 0.15) is 0 Å². The van der Waals surface area contributed by atoms with Crippen LogP contribution in [0.4, 0.5) is 0 Å². The number of carbonyl (C=O) groups is 1. The topological polar surface area (TPSA) is 69.6 Å². The van der Waals surface area contributed by atoms with Gasteiger partial charge in [-0.25, -0.2) is 0 Å². The van der Waals surface area contributed by atoms with Gasteiger partial charge in [0.15, 0.2) is 0 Å². The van der Waals surface area contributed by atoms with E-state index in [1.165, 1.54) is 25.7 Å². The number of amides is 1. The van der Waals surface area contributed by atoms with Crippen LogP contribution in [0.2, 0.25) is 0 Å². The van der Waals surface area contributed by atoms with Crippen LogP contribution in [0.1, 0.15) is 25.7 Å². The molecular formula is C11H19NO3. The van der Waals surface area contributed by atoms with E-state index in [-0.39, 0.29) is 25.0 Å². The molecule has 2 atom stereocenters. The number of rotatable bonds is 4. The third-order valence-electron chi connectivity index (χ3n) is 3.75. The molecule has 86 valence electrons. The van der Waals surface area contributed by atoms with Crippen molar-refractivity contribution in [1.82, 2.24) is 5.32 Å². The van der Waals surface area contributed by atoms with Crippen molar-refractivity contribution in [3.8, 4) is 0 Å². The molecule has 0 spiro atoms. The fourth-order valence-corrected chi connectivity index (χ4v) is 2.83. The molecular weight excluding hydrogens is 194 g/mol. The summed E-state index contributed by atoms with van der Waals surface area (Å²) in [5.41, 5.74) is 0. The maximum Gasteiger partial charge on any atom is 0.224 e. The van der Waals surface area contributed by atoms with E-state index in [0.29, 0.717) is 11.8 Å². The molecule has 2 saturated carbocycles. The Bertz CT molecular complexity index is 228. The first-order chi connectivity index (χ1) is 7.27. The average molecular weight is 213 g/mol. The molecule has 0 aromatic carbocycles. The first-order valence-corrected chi connectivity index (χ1v) is 5.80. The molecule has 2 fully saturated rings. The Hall–Kier alpha value is -0.610. The summed E-state index contributed by atoms with van der Waals surface area (Å²) in [6.07, 6.45) is 4.83. The SMILES string of the molecule is O=C(NC(CO)CO)C1C2CCCCC21. The smallest absolute Gasteiger partial charge is 0.224 e. The summed E-state index contributed by atoms with van der Waals surface area (Å²) in [5.74, 6) is 1.35. The van der Waals surface area contributed by atoms with Crippen molar-refractivity contribution in [2.24, 2.45) is 17.8 Å². The van der Waals surface area contributed by atoms with Gasteiger partial charge < -0.3 is 15.5 Å². The van der Waals surface area contributed by atoms with Crippen LogP contribution in [0.3, 0.4) is 0 Å². The molecule has 2 rings (SSSR count). The van der Waals surface area contributed by atoms with Gasteiger partial charge in [-0.1, -0.05) is 12.8 Å². The van der Waals surface area contributed by atoms with E-state index in [0.717, 1.165) is 0 Å². The third-order valence-corrected chi connectivity index (χ3v) is 3.75. The van der Waals surface area contributed by atoms with Crippen LogP contribution in [0.15, 0.2) is 0 Å². The monoisotopic (exact) mass is 213 g/mol. The summed E-state index contributed by atoms with van der Waals surface area (Å²) in [6, 6.07) is -0.486. The predicted octanol–water partition coefficient (Wildman–Crippen LogP) is -0.108. The Balaban J connectivity index is 1.82. The van der Waals surface area contributed by atoms with Gasteiger partial charge in [0, 0.05) is 5.92 Å². The first-order valence-electron chi connectivity index (χ1n) is 5.80. The number of carbonyl (C=O) groups excluding carboxylic acids is 1. The largest absolute Gasteiger partial charge is 0.394 e. The van der Waals surface area contributed by atoms with E-state index < -0.39 is 6.04 Å². The highest BCUT2D eigenvalue weighted by Gasteiger charge is 2.54. The molecule has 2 aliphatic rings. The van der Waals surface area contributed by atoms with Gasteiger partial charge in [-0.2, -0.15) is 0 Å². The molecule has 1 amide bonds. The van der Waals surface area contributed by atoms with Gasteiger partial charge in [0.25, 0.3) is 0 Å². The Kier molecular flexibility index (Phi) is 3.26. The van der Waals surface area contributed by atoms with Gasteiger partial charge in [0.2, 0.25) is 5.91 Å². The van der Waals surface area contributed by atoms with Crippen molar-refractivity contribution in [1.29, 1.82) is 0 Å². The summed E-state index contributed by atoms with van der Waals surface area (Å²) >= 11 is 0. The number of aliphatic hydroxyl groups excluding tert-OH is 2. The van der Waals surface area contributed by atoms with Gasteiger partial charge in [-0.15, -0.1) is 0 Å². The number of fused-ring (bicyclic) bond motifs is 1. The summed E-state index contributed by atoms with van der Waals surface area (Å²) in [6.45, 7) is -0.380. The zero-order valence-corrected chi connectivity index (χ0v) is 8.85. The quantitative estimate of drug-likeness (QED) is 0.610. The van der Waals surface area contributed by atoms with Crippen molar-refractivity contribution in [3.05, 3.63) is 0 Å². The summed E-state index contributed by atoms with van der Waals surface area (Å²) in [5, 5.41) is 20.4. The Morgan fingerprint density at radius 3 is 2.20 bits per heavy atom. The lowest BCUT2D eigenvalue weighted by Gasteiger charge is -2.12. The fraction of sp³-hybridized carbons (Fsp3) is 0.909. The Morgan fingerprint density at radius 1 is 1.20 bits per heavy atom. The molecule has 4 heteroatoms. The highest BCUT2D eigenvalue weighted by atomic mass is 16.3. The lowest BCUT2D eigenvalue weighted by atomic mass is 10.0. The van der Waals surface area contributed by atoms with Gasteiger partial charge >= 0.3 is 0 Å². The third kappa shape index (κ3) is 2.16. The van der Waals surface area contributed by atoms with Crippen molar-refractivity contribution in [2.75, 3.05) is 13.2 Å². The second-order valence-corrected chi connectivity index (χ2v) is 4.71. The van der Waals surface area contributed by atoms with Gasteiger partial charge in [0.05, 0.1) is 19.3 Å². The van der Waals surface area contributed by atoms with Crippen molar-refractivity contribution >= 4 is 5.91 Å². The fourth-order valence-electron chi connectivity index (χ4n) is 2.83.